The molecule has 0 aromatic carbocycles. The highest BCUT2D eigenvalue weighted by Crippen LogP contribution is 2.40. The molecule has 0 radical (unpaired) electrons. The molecule has 1 aromatic rings. The maximum atomic E-state index is 9.90. The number of fused-ring (bicyclic) bond motifs is 1. The molecule has 2 heterocycles. The monoisotopic (exact) mass is 263 g/mol. The van der Waals surface area contributed by atoms with Gasteiger partial charge in [-0.1, -0.05) is 19.8 Å². The first-order chi connectivity index (χ1) is 9.21. The van der Waals surface area contributed by atoms with Crippen molar-refractivity contribution in [3.63, 3.8) is 0 Å². The molecule has 2 unspecified atom stereocenters. The Balaban J connectivity index is 1.67. The summed E-state index contributed by atoms with van der Waals surface area (Å²) in [6, 6.07) is 0. The van der Waals surface area contributed by atoms with Crippen LogP contribution in [-0.2, 0) is 13.1 Å². The van der Waals surface area contributed by atoms with Crippen LogP contribution in [0.15, 0.2) is 12.4 Å². The van der Waals surface area contributed by atoms with Crippen molar-refractivity contribution in [3.8, 4) is 0 Å². The number of nitrogens with zero attached hydrogens (tertiary/aromatic N) is 3. The Morgan fingerprint density at radius 2 is 2.37 bits per heavy atom. The van der Waals surface area contributed by atoms with Crippen LogP contribution >= 0.6 is 0 Å². The fourth-order valence-electron chi connectivity index (χ4n) is 3.94. The van der Waals surface area contributed by atoms with E-state index in [4.69, 9.17) is 0 Å². The average Bonchev–Trinajstić information content (AvgIpc) is 2.86. The fourth-order valence-corrected chi connectivity index (χ4v) is 3.94. The molecular weight excluding hydrogens is 238 g/mol. The van der Waals surface area contributed by atoms with Crippen LogP contribution in [0.25, 0.3) is 0 Å². The number of aromatic nitrogens is 2. The number of rotatable bonds is 3. The maximum Gasteiger partial charge on any atom is 0.122 e. The molecule has 1 saturated carbocycles. The quantitative estimate of drug-likeness (QED) is 0.905. The average molecular weight is 263 g/mol. The van der Waals surface area contributed by atoms with Gasteiger partial charge >= 0.3 is 0 Å². The third kappa shape index (κ3) is 2.70. The highest BCUT2D eigenvalue weighted by atomic mass is 16.3. The van der Waals surface area contributed by atoms with E-state index in [1.54, 1.807) is 0 Å². The van der Waals surface area contributed by atoms with Crippen LogP contribution in [0.1, 0.15) is 38.4 Å². The molecule has 1 aromatic heterocycles. The first-order valence-electron chi connectivity index (χ1n) is 7.54. The molecule has 0 amide bonds. The topological polar surface area (TPSA) is 41.3 Å². The van der Waals surface area contributed by atoms with Crippen molar-refractivity contribution >= 4 is 0 Å². The van der Waals surface area contributed by atoms with Crippen LogP contribution < -0.4 is 0 Å². The highest BCUT2D eigenvalue weighted by molar-refractivity contribution is 4.97. The zero-order chi connectivity index (χ0) is 13.3. The SMILES string of the molecule is CC1CCCC(CO)(CN2CCn3ccnc3C2)C1. The molecule has 0 saturated heterocycles. The minimum atomic E-state index is 0.131. The van der Waals surface area contributed by atoms with Gasteiger partial charge in [0.1, 0.15) is 5.82 Å². The molecular formula is C15H25N3O. The normalized spacial score (nSPS) is 32.2. The van der Waals surface area contributed by atoms with Crippen LogP contribution in [0.5, 0.6) is 0 Å². The smallest absolute Gasteiger partial charge is 0.122 e. The first-order valence-corrected chi connectivity index (χ1v) is 7.54. The van der Waals surface area contributed by atoms with Crippen molar-refractivity contribution in [1.82, 2.24) is 14.5 Å². The molecule has 4 heteroatoms. The summed E-state index contributed by atoms with van der Waals surface area (Å²) < 4.78 is 2.24. The third-order valence-electron chi connectivity index (χ3n) is 4.90. The van der Waals surface area contributed by atoms with Crippen LogP contribution in [0.2, 0.25) is 0 Å². The molecule has 1 fully saturated rings. The number of aliphatic hydroxyl groups excluding tert-OH is 1. The Morgan fingerprint density at radius 1 is 1.47 bits per heavy atom. The van der Waals surface area contributed by atoms with Gasteiger partial charge < -0.3 is 9.67 Å². The van der Waals surface area contributed by atoms with Crippen molar-refractivity contribution in [2.24, 2.45) is 11.3 Å². The number of imidazole rings is 1. The lowest BCUT2D eigenvalue weighted by Crippen LogP contribution is -2.45. The van der Waals surface area contributed by atoms with E-state index in [2.05, 4.69) is 27.6 Å². The number of hydrogen-bond acceptors (Lipinski definition) is 3. The lowest BCUT2D eigenvalue weighted by Gasteiger charge is -2.43. The summed E-state index contributed by atoms with van der Waals surface area (Å²) in [5.74, 6) is 1.93. The van der Waals surface area contributed by atoms with Gasteiger partial charge in [-0.3, -0.25) is 4.90 Å². The molecule has 1 aliphatic carbocycles. The van der Waals surface area contributed by atoms with E-state index < -0.39 is 0 Å². The minimum absolute atomic E-state index is 0.131. The Hall–Kier alpha value is -0.870. The van der Waals surface area contributed by atoms with Gasteiger partial charge in [0.2, 0.25) is 0 Å². The Labute approximate surface area is 115 Å². The van der Waals surface area contributed by atoms with Gasteiger partial charge in [-0.25, -0.2) is 4.98 Å². The Bertz CT molecular complexity index is 431. The Kier molecular flexibility index (Phi) is 3.63. The number of hydrogen-bond donors (Lipinski definition) is 1. The molecule has 2 atom stereocenters. The van der Waals surface area contributed by atoms with E-state index in [1.165, 1.54) is 31.5 Å². The molecule has 19 heavy (non-hydrogen) atoms. The highest BCUT2D eigenvalue weighted by Gasteiger charge is 2.36. The van der Waals surface area contributed by atoms with Crippen molar-refractivity contribution in [2.45, 2.75) is 45.7 Å². The second-order valence-electron chi connectivity index (χ2n) is 6.61. The van der Waals surface area contributed by atoms with E-state index in [-0.39, 0.29) is 5.41 Å². The predicted octanol–water partition coefficient (Wildman–Crippen LogP) is 1.89. The summed E-state index contributed by atoms with van der Waals surface area (Å²) in [4.78, 5) is 6.91. The van der Waals surface area contributed by atoms with Gasteiger partial charge in [0.15, 0.2) is 0 Å². The van der Waals surface area contributed by atoms with Crippen LogP contribution in [0, 0.1) is 11.3 Å². The Morgan fingerprint density at radius 3 is 3.16 bits per heavy atom. The molecule has 0 spiro atoms. The molecule has 2 aliphatic rings. The fraction of sp³-hybridized carbons (Fsp3) is 0.800. The zero-order valence-electron chi connectivity index (χ0n) is 11.9. The van der Waals surface area contributed by atoms with E-state index in [0.717, 1.165) is 32.1 Å². The number of aliphatic hydroxyl groups is 1. The summed E-state index contributed by atoms with van der Waals surface area (Å²) in [6.45, 7) is 6.74. The summed E-state index contributed by atoms with van der Waals surface area (Å²) in [5, 5.41) is 9.90. The molecule has 3 rings (SSSR count). The van der Waals surface area contributed by atoms with Gasteiger partial charge in [0.25, 0.3) is 0 Å². The van der Waals surface area contributed by atoms with Crippen molar-refractivity contribution < 1.29 is 5.11 Å². The van der Waals surface area contributed by atoms with Crippen molar-refractivity contribution in [2.75, 3.05) is 19.7 Å². The molecule has 1 N–H and O–H groups in total. The second kappa shape index (κ2) is 5.25. The van der Waals surface area contributed by atoms with Gasteiger partial charge in [0.05, 0.1) is 6.54 Å². The van der Waals surface area contributed by atoms with E-state index >= 15 is 0 Å². The molecule has 1 aliphatic heterocycles. The van der Waals surface area contributed by atoms with Gasteiger partial charge in [-0.2, -0.15) is 0 Å². The molecule has 106 valence electrons. The minimum Gasteiger partial charge on any atom is -0.396 e. The van der Waals surface area contributed by atoms with Gasteiger partial charge in [-0.15, -0.1) is 0 Å². The predicted molar refractivity (Wildman–Crippen MR) is 74.7 cm³/mol. The summed E-state index contributed by atoms with van der Waals surface area (Å²) in [6.07, 6.45) is 8.91. The van der Waals surface area contributed by atoms with Crippen molar-refractivity contribution in [1.29, 1.82) is 0 Å². The molecule has 4 nitrogen and oxygen atoms in total. The summed E-state index contributed by atoms with van der Waals surface area (Å²) in [5.41, 5.74) is 0.131. The summed E-state index contributed by atoms with van der Waals surface area (Å²) in [7, 11) is 0. The van der Waals surface area contributed by atoms with Gasteiger partial charge in [-0.05, 0) is 18.8 Å². The largest absolute Gasteiger partial charge is 0.396 e. The summed E-state index contributed by atoms with van der Waals surface area (Å²) >= 11 is 0. The molecule has 0 bridgehead atoms. The third-order valence-corrected chi connectivity index (χ3v) is 4.90. The van der Waals surface area contributed by atoms with E-state index in [9.17, 15) is 5.11 Å². The van der Waals surface area contributed by atoms with E-state index in [0.29, 0.717) is 6.61 Å². The second-order valence-corrected chi connectivity index (χ2v) is 6.61. The van der Waals surface area contributed by atoms with Crippen LogP contribution in [-0.4, -0.2) is 39.3 Å². The van der Waals surface area contributed by atoms with Crippen LogP contribution in [0.4, 0.5) is 0 Å². The maximum absolute atomic E-state index is 9.90. The lowest BCUT2D eigenvalue weighted by molar-refractivity contribution is 0.0158. The van der Waals surface area contributed by atoms with Crippen molar-refractivity contribution in [3.05, 3.63) is 18.2 Å². The standard InChI is InChI=1S/C15H25N3O/c1-13-3-2-4-15(9-13,12-19)11-17-7-8-18-6-5-16-14(18)10-17/h5-6,13,19H,2-4,7-12H2,1H3. The first kappa shape index (κ1) is 13.1. The van der Waals surface area contributed by atoms with E-state index in [1.807, 2.05) is 6.20 Å². The zero-order valence-corrected chi connectivity index (χ0v) is 11.9. The van der Waals surface area contributed by atoms with Gasteiger partial charge in [0, 0.05) is 44.0 Å². The van der Waals surface area contributed by atoms with Crippen LogP contribution in [0.3, 0.4) is 0 Å². The lowest BCUT2D eigenvalue weighted by atomic mass is 9.70.